The fourth-order valence-corrected chi connectivity index (χ4v) is 2.45. The van der Waals surface area contributed by atoms with Crippen molar-refractivity contribution < 1.29 is 14.9 Å². The number of H-pyrrole nitrogens is 1. The van der Waals surface area contributed by atoms with Gasteiger partial charge in [-0.05, 0) is 11.6 Å². The van der Waals surface area contributed by atoms with Crippen molar-refractivity contribution in [2.45, 2.75) is 23.3 Å². The second kappa shape index (κ2) is 5.55. The highest BCUT2D eigenvalue weighted by Gasteiger charge is 2.56. The lowest BCUT2D eigenvalue weighted by molar-refractivity contribution is -0.0468. The van der Waals surface area contributed by atoms with Crippen molar-refractivity contribution in [3.8, 4) is 11.3 Å². The number of alkyl halides is 1. The predicted octanol–water partition coefficient (Wildman–Crippen LogP) is -1.64. The molecule has 0 aliphatic carbocycles. The molecule has 1 saturated heterocycles. The summed E-state index contributed by atoms with van der Waals surface area (Å²) in [5.41, 5.74) is -1.69. The minimum absolute atomic E-state index is 0.540. The molecule has 108 valence electrons. The van der Waals surface area contributed by atoms with E-state index >= 15 is 0 Å². The smallest absolute Gasteiger partial charge is 0.350 e. The minimum Gasteiger partial charge on any atom is -0.394 e. The van der Waals surface area contributed by atoms with Gasteiger partial charge in [0.1, 0.15) is 18.5 Å². The van der Waals surface area contributed by atoms with E-state index in [-0.39, 0.29) is 0 Å². The quantitative estimate of drug-likeness (QED) is 0.444. The maximum absolute atomic E-state index is 11.7. The van der Waals surface area contributed by atoms with Gasteiger partial charge in [0, 0.05) is 5.38 Å². The first-order valence-electron chi connectivity index (χ1n) is 5.37. The molecule has 10 heteroatoms. The summed E-state index contributed by atoms with van der Waals surface area (Å²) in [6, 6.07) is 0. The third kappa shape index (κ3) is 2.34. The zero-order valence-corrected chi connectivity index (χ0v) is 11.3. The summed E-state index contributed by atoms with van der Waals surface area (Å²) in [6.45, 7) is -0.540. The monoisotopic (exact) mass is 321 g/mol. The third-order valence-electron chi connectivity index (χ3n) is 2.86. The van der Waals surface area contributed by atoms with E-state index in [1.165, 1.54) is 0 Å². The number of ether oxygens (including phenoxy) is 1. The van der Waals surface area contributed by atoms with Gasteiger partial charge in [-0.3, -0.25) is 9.55 Å². The summed E-state index contributed by atoms with van der Waals surface area (Å²) in [7, 11) is 0. The Morgan fingerprint density at radius 3 is 2.85 bits per heavy atom. The Labute approximate surface area is 121 Å². The first-order valence-corrected chi connectivity index (χ1v) is 6.13. The Balaban J connectivity index is 2.55. The highest BCUT2D eigenvalue weighted by Crippen LogP contribution is 2.42. The number of hydrogen-bond acceptors (Lipinski definition) is 6. The van der Waals surface area contributed by atoms with E-state index in [4.69, 9.17) is 33.0 Å². The average Bonchev–Trinajstić information content (AvgIpc) is 2.63. The van der Waals surface area contributed by atoms with Gasteiger partial charge in [-0.25, -0.2) is 9.59 Å². The van der Waals surface area contributed by atoms with Gasteiger partial charge in [0.2, 0.25) is 0 Å². The van der Waals surface area contributed by atoms with Crippen LogP contribution < -0.4 is 11.4 Å². The first kappa shape index (κ1) is 15.0. The molecule has 0 bridgehead atoms. The second-order valence-electron chi connectivity index (χ2n) is 4.03. The average molecular weight is 322 g/mol. The highest BCUT2D eigenvalue weighted by atomic mass is 35.5. The molecule has 2 rings (SSSR count). The molecule has 0 spiro atoms. The standard InChI is InChI=1S/C10H9Cl2N3O5/c11-2-1-10(12)6(17)5(3-16)20-7(10)15-4-13-8(18)14-9(15)19/h4-7,16-17H,3H2,(H,14,18,19)/t5-,6?,7-,10-/m1/s1. The van der Waals surface area contributed by atoms with Crippen LogP contribution in [0.25, 0.3) is 0 Å². The van der Waals surface area contributed by atoms with E-state index in [0.717, 1.165) is 10.9 Å². The normalized spacial score (nSPS) is 32.7. The summed E-state index contributed by atoms with van der Waals surface area (Å²) in [6.07, 6.45) is -2.83. The molecule has 4 atom stereocenters. The van der Waals surface area contributed by atoms with E-state index in [9.17, 15) is 14.7 Å². The van der Waals surface area contributed by atoms with Gasteiger partial charge in [-0.1, -0.05) is 17.5 Å². The SMILES string of the molecule is O=c1ncn([C@@H]2O[C@H](CO)C(O)[C@]2(Cl)C#CCl)c(=O)[nH]1. The van der Waals surface area contributed by atoms with Gasteiger partial charge < -0.3 is 14.9 Å². The first-order chi connectivity index (χ1) is 9.43. The van der Waals surface area contributed by atoms with Crippen LogP contribution in [0, 0.1) is 11.3 Å². The number of aromatic amines is 1. The fourth-order valence-electron chi connectivity index (χ4n) is 1.90. The second-order valence-corrected chi connectivity index (χ2v) is 4.84. The van der Waals surface area contributed by atoms with Crippen LogP contribution in [0.5, 0.6) is 0 Å². The van der Waals surface area contributed by atoms with E-state index in [2.05, 4.69) is 10.9 Å². The molecule has 1 unspecified atom stereocenters. The van der Waals surface area contributed by atoms with Crippen LogP contribution in [0.2, 0.25) is 0 Å². The van der Waals surface area contributed by atoms with Gasteiger partial charge in [0.05, 0.1) is 6.61 Å². The van der Waals surface area contributed by atoms with Crippen molar-refractivity contribution in [2.75, 3.05) is 6.61 Å². The molecule has 1 aliphatic rings. The number of aliphatic hydroxyl groups excluding tert-OH is 2. The molecule has 0 radical (unpaired) electrons. The number of nitrogens with zero attached hydrogens (tertiary/aromatic N) is 2. The topological polar surface area (TPSA) is 117 Å². The molecule has 1 fully saturated rings. The maximum atomic E-state index is 11.7. The summed E-state index contributed by atoms with van der Waals surface area (Å²) in [4.78, 5) is 26.2. The van der Waals surface area contributed by atoms with Crippen LogP contribution in [0.1, 0.15) is 6.23 Å². The molecule has 3 N–H and O–H groups in total. The lowest BCUT2D eigenvalue weighted by Gasteiger charge is -2.24. The zero-order chi connectivity index (χ0) is 14.9. The Morgan fingerprint density at radius 1 is 1.60 bits per heavy atom. The summed E-state index contributed by atoms with van der Waals surface area (Å²) < 4.78 is 6.16. The summed E-state index contributed by atoms with van der Waals surface area (Å²) in [5, 5.41) is 21.2. The van der Waals surface area contributed by atoms with Crippen molar-refractivity contribution in [1.29, 1.82) is 0 Å². The van der Waals surface area contributed by atoms with Gasteiger partial charge in [-0.2, -0.15) is 4.98 Å². The van der Waals surface area contributed by atoms with E-state index < -0.39 is 41.3 Å². The Kier molecular flexibility index (Phi) is 4.17. The van der Waals surface area contributed by atoms with E-state index in [0.29, 0.717) is 0 Å². The predicted molar refractivity (Wildman–Crippen MR) is 68.3 cm³/mol. The lowest BCUT2D eigenvalue weighted by atomic mass is 10.00. The minimum atomic E-state index is -1.76. The molecule has 0 amide bonds. The largest absolute Gasteiger partial charge is 0.394 e. The van der Waals surface area contributed by atoms with Crippen LogP contribution in [0.4, 0.5) is 0 Å². The molecule has 20 heavy (non-hydrogen) atoms. The fraction of sp³-hybridized carbons (Fsp3) is 0.500. The maximum Gasteiger partial charge on any atom is 0.350 e. The van der Waals surface area contributed by atoms with E-state index in [1.54, 1.807) is 0 Å². The van der Waals surface area contributed by atoms with Crippen LogP contribution in [-0.4, -0.2) is 48.4 Å². The molecular weight excluding hydrogens is 313 g/mol. The highest BCUT2D eigenvalue weighted by molar-refractivity contribution is 6.32. The molecular formula is C10H9Cl2N3O5. The van der Waals surface area contributed by atoms with Crippen molar-refractivity contribution in [2.24, 2.45) is 0 Å². The van der Waals surface area contributed by atoms with Gasteiger partial charge in [0.25, 0.3) is 0 Å². The number of rotatable bonds is 2. The summed E-state index contributed by atoms with van der Waals surface area (Å²) >= 11 is 11.5. The molecule has 8 nitrogen and oxygen atoms in total. The number of aromatic nitrogens is 3. The Hall–Kier alpha value is -1.37. The zero-order valence-electron chi connectivity index (χ0n) is 9.79. The molecule has 1 aromatic heterocycles. The number of halogens is 2. The van der Waals surface area contributed by atoms with Crippen LogP contribution >= 0.6 is 23.2 Å². The number of aliphatic hydroxyl groups is 2. The van der Waals surface area contributed by atoms with Gasteiger partial charge in [-0.15, -0.1) is 0 Å². The van der Waals surface area contributed by atoms with Crippen LogP contribution in [0.3, 0.4) is 0 Å². The number of nitrogens with one attached hydrogen (secondary N) is 1. The van der Waals surface area contributed by atoms with Crippen molar-refractivity contribution in [1.82, 2.24) is 14.5 Å². The van der Waals surface area contributed by atoms with Crippen molar-refractivity contribution in [3.05, 3.63) is 27.3 Å². The molecule has 1 aromatic rings. The number of hydrogen-bond donors (Lipinski definition) is 3. The molecule has 1 aliphatic heterocycles. The van der Waals surface area contributed by atoms with Crippen molar-refractivity contribution in [3.63, 3.8) is 0 Å². The van der Waals surface area contributed by atoms with Gasteiger partial charge in [0.15, 0.2) is 11.1 Å². The van der Waals surface area contributed by atoms with Crippen molar-refractivity contribution >= 4 is 23.2 Å². The molecule has 0 saturated carbocycles. The van der Waals surface area contributed by atoms with E-state index in [1.807, 2.05) is 10.4 Å². The summed E-state index contributed by atoms with van der Waals surface area (Å²) in [5.74, 6) is 2.34. The van der Waals surface area contributed by atoms with Crippen LogP contribution in [-0.2, 0) is 4.74 Å². The Morgan fingerprint density at radius 2 is 2.30 bits per heavy atom. The lowest BCUT2D eigenvalue weighted by Crippen LogP contribution is -2.44. The third-order valence-corrected chi connectivity index (χ3v) is 3.46. The molecule has 0 aromatic carbocycles. The molecule has 2 heterocycles. The van der Waals surface area contributed by atoms with Crippen LogP contribution in [0.15, 0.2) is 15.9 Å². The van der Waals surface area contributed by atoms with Gasteiger partial charge >= 0.3 is 11.4 Å². The Bertz CT molecular complexity index is 678.